The molecular formula is C26H26ClN3O7. The van der Waals surface area contributed by atoms with Crippen LogP contribution < -0.4 is 5.32 Å². The van der Waals surface area contributed by atoms with E-state index in [9.17, 15) is 29.4 Å². The number of carboxylic acid groups (broad SMARTS) is 2. The van der Waals surface area contributed by atoms with Crippen LogP contribution in [0.5, 0.6) is 0 Å². The maximum atomic E-state index is 12.9. The summed E-state index contributed by atoms with van der Waals surface area (Å²) in [6.07, 6.45) is 2.01. The summed E-state index contributed by atoms with van der Waals surface area (Å²) in [6.45, 7) is 2.21. The van der Waals surface area contributed by atoms with Gasteiger partial charge in [0.1, 0.15) is 5.82 Å². The molecule has 10 nitrogen and oxygen atoms in total. The molecule has 194 valence electrons. The Morgan fingerprint density at radius 3 is 2.38 bits per heavy atom. The zero-order valence-corrected chi connectivity index (χ0v) is 21.0. The number of carbonyl (C=O) groups is 4. The third-order valence-corrected chi connectivity index (χ3v) is 5.96. The zero-order chi connectivity index (χ0) is 27.1. The average Bonchev–Trinajstić information content (AvgIpc) is 3.16. The van der Waals surface area contributed by atoms with Gasteiger partial charge in [0.25, 0.3) is 5.91 Å². The number of carboxylic acids is 2. The first-order chi connectivity index (χ1) is 17.7. The van der Waals surface area contributed by atoms with Gasteiger partial charge >= 0.3 is 17.9 Å². The quantitative estimate of drug-likeness (QED) is 0.313. The number of nitrogens with zero attached hydrogens (tertiary/aromatic N) is 2. The fourth-order valence-electron chi connectivity index (χ4n) is 3.85. The Morgan fingerprint density at radius 1 is 1.05 bits per heavy atom. The number of imidazole rings is 1. The van der Waals surface area contributed by atoms with Crippen molar-refractivity contribution in [3.63, 3.8) is 0 Å². The molecule has 0 spiro atoms. The molecule has 0 saturated carbocycles. The molecule has 0 aliphatic carbocycles. The molecule has 0 saturated heterocycles. The number of halogens is 1. The minimum Gasteiger partial charge on any atom is -0.481 e. The Labute approximate surface area is 217 Å². The fourth-order valence-corrected chi connectivity index (χ4v) is 4.11. The lowest BCUT2D eigenvalue weighted by Gasteiger charge is -2.15. The normalized spacial score (nSPS) is 10.7. The number of unbranched alkanes of at least 4 members (excludes halogenated alkanes) is 1. The van der Waals surface area contributed by atoms with Gasteiger partial charge < -0.3 is 24.8 Å². The number of hydrogen-bond acceptors (Lipinski definition) is 6. The van der Waals surface area contributed by atoms with Gasteiger partial charge in [0.05, 0.1) is 41.6 Å². The molecule has 3 aromatic rings. The van der Waals surface area contributed by atoms with Gasteiger partial charge in [-0.15, -0.1) is 0 Å². The summed E-state index contributed by atoms with van der Waals surface area (Å²) in [5.74, 6) is -3.11. The molecular weight excluding hydrogens is 502 g/mol. The van der Waals surface area contributed by atoms with Crippen molar-refractivity contribution in [1.82, 2.24) is 9.55 Å². The van der Waals surface area contributed by atoms with Crippen LogP contribution in [0.15, 0.2) is 42.5 Å². The van der Waals surface area contributed by atoms with Crippen molar-refractivity contribution >= 4 is 41.1 Å². The van der Waals surface area contributed by atoms with E-state index in [4.69, 9.17) is 16.3 Å². The van der Waals surface area contributed by atoms with E-state index in [0.717, 1.165) is 12.8 Å². The first-order valence-electron chi connectivity index (χ1n) is 11.5. The van der Waals surface area contributed by atoms with Crippen molar-refractivity contribution in [2.45, 2.75) is 39.2 Å². The molecule has 0 radical (unpaired) electrons. The number of aryl methyl sites for hydroxylation is 1. The van der Waals surface area contributed by atoms with Gasteiger partial charge in [0.2, 0.25) is 0 Å². The smallest absolute Gasteiger partial charge is 0.339 e. The molecule has 1 aromatic heterocycles. The van der Waals surface area contributed by atoms with Gasteiger partial charge in [-0.2, -0.15) is 0 Å². The number of amides is 1. The third kappa shape index (κ3) is 6.53. The van der Waals surface area contributed by atoms with Crippen LogP contribution in [-0.4, -0.2) is 50.7 Å². The Balaban J connectivity index is 1.99. The van der Waals surface area contributed by atoms with E-state index in [-0.39, 0.29) is 40.5 Å². The number of aromatic carboxylic acids is 1. The molecule has 37 heavy (non-hydrogen) atoms. The highest BCUT2D eigenvalue weighted by molar-refractivity contribution is 6.30. The minimum atomic E-state index is -1.26. The monoisotopic (exact) mass is 527 g/mol. The molecule has 0 unspecified atom stereocenters. The molecule has 2 aromatic carbocycles. The molecule has 11 heteroatoms. The number of benzene rings is 2. The minimum absolute atomic E-state index is 0.0438. The van der Waals surface area contributed by atoms with Crippen molar-refractivity contribution in [1.29, 1.82) is 0 Å². The molecule has 0 aliphatic heterocycles. The van der Waals surface area contributed by atoms with E-state index in [2.05, 4.69) is 10.3 Å². The highest BCUT2D eigenvalue weighted by atomic mass is 35.5. The summed E-state index contributed by atoms with van der Waals surface area (Å²) in [5.41, 5.74) is 0.884. The molecule has 0 aliphatic rings. The van der Waals surface area contributed by atoms with Crippen LogP contribution >= 0.6 is 11.6 Å². The maximum absolute atomic E-state index is 12.9. The standard InChI is InChI=1S/C26H26ClN3O7/c1-3-4-9-21-29-23(27)20(13-22(31)32)30(21)14-15-10-11-19(18(12-15)26(36)37-2)28-24(33)16-7-5-6-8-17(16)25(34)35/h5-8,10-12H,3-4,9,13-14H2,1-2H3,(H,28,33)(H,31,32)(H,34,35). The number of ether oxygens (including phenoxy) is 1. The number of aliphatic carboxylic acids is 1. The van der Waals surface area contributed by atoms with E-state index >= 15 is 0 Å². The van der Waals surface area contributed by atoms with Crippen LogP contribution in [-0.2, 0) is 28.9 Å². The van der Waals surface area contributed by atoms with Crippen molar-refractivity contribution in [3.8, 4) is 0 Å². The van der Waals surface area contributed by atoms with E-state index in [0.29, 0.717) is 23.5 Å². The van der Waals surface area contributed by atoms with Gasteiger partial charge in [0, 0.05) is 13.0 Å². The second kappa shape index (κ2) is 12.2. The van der Waals surface area contributed by atoms with E-state index in [1.807, 2.05) is 6.92 Å². The van der Waals surface area contributed by atoms with Crippen molar-refractivity contribution in [3.05, 3.63) is 81.4 Å². The lowest BCUT2D eigenvalue weighted by atomic mass is 10.0. The number of hydrogen-bond donors (Lipinski definition) is 3. The number of methoxy groups -OCH3 is 1. The first kappa shape index (κ1) is 27.4. The van der Waals surface area contributed by atoms with Crippen LogP contribution in [0.25, 0.3) is 0 Å². The van der Waals surface area contributed by atoms with Crippen LogP contribution in [0.4, 0.5) is 5.69 Å². The Morgan fingerprint density at radius 2 is 1.76 bits per heavy atom. The lowest BCUT2D eigenvalue weighted by Crippen LogP contribution is -2.19. The summed E-state index contributed by atoms with van der Waals surface area (Å²) in [7, 11) is 1.20. The molecule has 1 amide bonds. The topological polar surface area (TPSA) is 148 Å². The summed E-state index contributed by atoms with van der Waals surface area (Å²) >= 11 is 6.26. The Bertz CT molecular complexity index is 1350. The van der Waals surface area contributed by atoms with E-state index in [1.165, 1.54) is 43.5 Å². The summed E-state index contributed by atoms with van der Waals surface area (Å²) in [5, 5.41) is 21.4. The van der Waals surface area contributed by atoms with Gasteiger partial charge in [-0.05, 0) is 36.2 Å². The first-order valence-corrected chi connectivity index (χ1v) is 11.8. The summed E-state index contributed by atoms with van der Waals surface area (Å²) < 4.78 is 6.61. The SMILES string of the molecule is CCCCc1nc(Cl)c(CC(=O)O)n1Cc1ccc(NC(=O)c2ccccc2C(=O)O)c(C(=O)OC)c1. The number of anilines is 1. The third-order valence-electron chi connectivity index (χ3n) is 5.66. The van der Waals surface area contributed by atoms with Crippen molar-refractivity contribution in [2.75, 3.05) is 12.4 Å². The molecule has 0 fully saturated rings. The van der Waals surface area contributed by atoms with Crippen LogP contribution in [0.2, 0.25) is 5.15 Å². The predicted molar refractivity (Wildman–Crippen MR) is 135 cm³/mol. The van der Waals surface area contributed by atoms with Crippen LogP contribution in [0.3, 0.4) is 0 Å². The fraction of sp³-hybridized carbons (Fsp3) is 0.269. The average molecular weight is 528 g/mol. The molecule has 1 heterocycles. The van der Waals surface area contributed by atoms with Crippen molar-refractivity contribution < 1.29 is 34.1 Å². The Hall–Kier alpha value is -4.18. The zero-order valence-electron chi connectivity index (χ0n) is 20.3. The lowest BCUT2D eigenvalue weighted by molar-refractivity contribution is -0.136. The van der Waals surface area contributed by atoms with E-state index < -0.39 is 23.8 Å². The highest BCUT2D eigenvalue weighted by Crippen LogP contribution is 2.25. The molecule has 3 rings (SSSR count). The number of nitrogens with one attached hydrogen (secondary N) is 1. The number of carbonyl (C=O) groups excluding carboxylic acids is 2. The van der Waals surface area contributed by atoms with Gasteiger partial charge in [-0.25, -0.2) is 14.6 Å². The van der Waals surface area contributed by atoms with Crippen molar-refractivity contribution in [2.24, 2.45) is 0 Å². The Kier molecular flexibility index (Phi) is 9.02. The molecule has 0 atom stereocenters. The van der Waals surface area contributed by atoms with Crippen LogP contribution in [0, 0.1) is 0 Å². The second-order valence-corrected chi connectivity index (χ2v) is 8.56. The summed E-state index contributed by atoms with van der Waals surface area (Å²) in [6, 6.07) is 10.4. The largest absolute Gasteiger partial charge is 0.481 e. The summed E-state index contributed by atoms with van der Waals surface area (Å²) in [4.78, 5) is 52.7. The predicted octanol–water partition coefficient (Wildman–Crippen LogP) is 4.29. The second-order valence-electron chi connectivity index (χ2n) is 8.20. The number of aromatic nitrogens is 2. The van der Waals surface area contributed by atoms with Gasteiger partial charge in [-0.3, -0.25) is 9.59 Å². The highest BCUT2D eigenvalue weighted by Gasteiger charge is 2.22. The van der Waals surface area contributed by atoms with Crippen LogP contribution in [0.1, 0.15) is 67.9 Å². The number of esters is 1. The van der Waals surface area contributed by atoms with Gasteiger partial charge in [0.15, 0.2) is 5.15 Å². The molecule has 3 N–H and O–H groups in total. The van der Waals surface area contributed by atoms with Gasteiger partial charge in [-0.1, -0.05) is 43.1 Å². The maximum Gasteiger partial charge on any atom is 0.339 e. The molecule has 0 bridgehead atoms. The number of rotatable bonds is 11. The van der Waals surface area contributed by atoms with E-state index in [1.54, 1.807) is 10.6 Å².